The third kappa shape index (κ3) is 30.2. The fraction of sp³-hybridized carbons (Fsp3) is 0.494. The summed E-state index contributed by atoms with van der Waals surface area (Å²) in [6.07, 6.45) is 10.6. The molecule has 3 aromatic carbocycles. The lowest BCUT2D eigenvalue weighted by atomic mass is 10.1. The van der Waals surface area contributed by atoms with Gasteiger partial charge in [-0.2, -0.15) is 23.4 Å². The van der Waals surface area contributed by atoms with Crippen molar-refractivity contribution in [2.45, 2.75) is 93.2 Å². The summed E-state index contributed by atoms with van der Waals surface area (Å²) in [7, 11) is 10.3. The number of hydrogen-bond donors (Lipinski definition) is 8. The van der Waals surface area contributed by atoms with Crippen molar-refractivity contribution >= 4 is 179 Å². The van der Waals surface area contributed by atoms with Gasteiger partial charge in [-0.15, -0.1) is 0 Å². The molecule has 3 aromatic heterocycles. The van der Waals surface area contributed by atoms with Crippen molar-refractivity contribution in [3.05, 3.63) is 147 Å². The SMILES string of the molecule is C1=CCOC1.C=CC(=O)Cl.C=CC(=O)NC1COCC1Nc1ncc2c(n1)N(C)C(=O)N(c1c(Cl)c(OC)cc(OC)c1Cl)C2.CC1COCC1OS(C)(=O)=O.COc1cc(OC)c(Cl)c(N2Cc3cnc(Cl)nc3N(C)C2=O)c1Cl.COc1cc(OC)c(Cl)c(N2Cc3cnc(NC4COCC4N)nc3N(C)C2=O)c1Cl.NC1COCC1N.OC1COCC1O.[N-]=[N+]=NC1COCC1N=[N+]=[N-]. The minimum absolute atomic E-state index is 0.0611. The average Bonchev–Trinajstić information content (AvgIpc) is 1.69. The Bertz CT molecular complexity index is 5330. The van der Waals surface area contributed by atoms with Gasteiger partial charge in [0.2, 0.25) is 28.3 Å². The predicted octanol–water partition coefficient (Wildman–Crippen LogP) is 9.70. The van der Waals surface area contributed by atoms with E-state index in [1.807, 2.05) is 19.1 Å². The van der Waals surface area contributed by atoms with Crippen molar-refractivity contribution < 1.29 is 108 Å². The highest BCUT2D eigenvalue weighted by molar-refractivity contribution is 7.86. The number of azide groups is 2. The summed E-state index contributed by atoms with van der Waals surface area (Å²) in [6, 6.07) is 2.23. The zero-order valence-corrected chi connectivity index (χ0v) is 82.7. The molecule has 748 valence electrons. The molecule has 12 atom stereocenters. The predicted molar refractivity (Wildman–Crippen MR) is 513 cm³/mol. The summed E-state index contributed by atoms with van der Waals surface area (Å²) in [5.41, 5.74) is 36.0. The van der Waals surface area contributed by atoms with Gasteiger partial charge in [-0.05, 0) is 46.4 Å². The van der Waals surface area contributed by atoms with Crippen LogP contribution in [0.15, 0.2) is 84.5 Å². The lowest BCUT2D eigenvalue weighted by molar-refractivity contribution is -0.117. The molecule has 0 radical (unpaired) electrons. The molecule has 12 unspecified atom stereocenters. The number of carbonyl (C=O) groups is 5. The van der Waals surface area contributed by atoms with Crippen LogP contribution in [0.5, 0.6) is 34.5 Å². The van der Waals surface area contributed by atoms with Crippen LogP contribution in [0, 0.1) is 5.92 Å². The summed E-state index contributed by atoms with van der Waals surface area (Å²) in [5, 5.41) is 33.9. The van der Waals surface area contributed by atoms with Crippen LogP contribution in [0.3, 0.4) is 0 Å². The number of halogens is 8. The molecular formula is C81H104Cl8N24O23S. The molecule has 0 spiro atoms. The van der Waals surface area contributed by atoms with Crippen molar-refractivity contribution in [2.24, 2.45) is 33.3 Å². The molecule has 11 N–H and O–H groups in total. The molecule has 7 amide bonds. The van der Waals surface area contributed by atoms with Gasteiger partial charge >= 0.3 is 18.1 Å². The number of nitrogens with two attached hydrogens (primary N) is 3. The Morgan fingerprint density at radius 3 is 1.15 bits per heavy atom. The van der Waals surface area contributed by atoms with Gasteiger partial charge in [0.05, 0.1) is 214 Å². The van der Waals surface area contributed by atoms with Crippen LogP contribution in [0.2, 0.25) is 35.4 Å². The highest BCUT2D eigenvalue weighted by Crippen LogP contribution is 2.51. The molecule has 0 saturated carbocycles. The molecule has 13 heterocycles. The largest absolute Gasteiger partial charge is 0.495 e. The number of ether oxygens (including phenoxy) is 13. The number of fused-ring (bicyclic) bond motifs is 3. The summed E-state index contributed by atoms with van der Waals surface area (Å²) in [5.74, 6) is 3.87. The number of carbonyl (C=O) groups excluding carboxylic acids is 5. The van der Waals surface area contributed by atoms with Gasteiger partial charge in [0, 0.05) is 102 Å². The standard InChI is InChI=1S/C22H24Cl2N6O5.C19H22Cl2N6O4.C15H13Cl3N4O3.C6H12O4S.C4H6N6O.C4H10N2O.C4H8O3.C4H6O.C3H3ClO/c1-5-16(31)26-12-9-35-10-13(12)27-21-25-7-11-8-30(22(32)29(2)20(11)28-21)19-17(23)14(33-3)6-15(34-4)18(19)24;1-26-17-9(5-23-18(25-17)24-11-8-31-7-10(11)22)6-27(19(26)28)16-14(20)12(29-2)4-13(30-3)15(16)21;1-21-13-7(5-19-14(18)20-13)6-22(15(21)23)12-10(16)8(24-2)4-9(25-3)11(12)17;1-5-3-9-4-6(5)10-11(2,7)8;5-9-7-3-1-11-2-4(3)8-10-6;2*5-3-1-7-2-4(3)6;1-2-4-5-3-1;1-2-3(4)5/h5-7,12-13H,1,8-10H2,2-4H3,(H,26,31)(H,25,27,28);4-5,10-11H,6-8,22H2,1-3H3,(H,23,24,25);4-5H,6H2,1-3H3;5-6H,3-4H2,1-2H3;3-4H,1-2H2;3-4H,1-2,5-6H2;3-6H,1-2H2;1-2H,3-4H2;2H,1H2. The molecule has 137 heavy (non-hydrogen) atoms. The normalized spacial score (nSPS) is 22.3. The fourth-order valence-corrected chi connectivity index (χ4v) is 16.3. The molecule has 56 heteroatoms. The number of aliphatic hydroxyl groups excluding tert-OH is 2. The summed E-state index contributed by atoms with van der Waals surface area (Å²) in [6.45, 7) is 15.7. The topological polar surface area (TPSA) is 598 Å². The van der Waals surface area contributed by atoms with E-state index < -0.39 is 33.6 Å². The Labute approximate surface area is 827 Å². The van der Waals surface area contributed by atoms with Crippen LogP contribution in [-0.4, -0.2) is 307 Å². The van der Waals surface area contributed by atoms with Crippen LogP contribution in [-0.2, 0) is 76.7 Å². The Hall–Kier alpha value is -10.2. The van der Waals surface area contributed by atoms with Gasteiger partial charge in [-0.1, -0.05) is 112 Å². The molecule has 10 aliphatic heterocycles. The Morgan fingerprint density at radius 2 is 0.839 bits per heavy atom. The fourth-order valence-electron chi connectivity index (χ4n) is 13.4. The number of hydrogen-bond acceptors (Lipinski definition) is 36. The second-order valence-corrected chi connectivity index (χ2v) is 34.8. The van der Waals surface area contributed by atoms with Gasteiger partial charge in [-0.25, -0.2) is 29.3 Å². The zero-order valence-electron chi connectivity index (χ0n) is 75.8. The summed E-state index contributed by atoms with van der Waals surface area (Å²) < 4.78 is 93.1. The van der Waals surface area contributed by atoms with E-state index >= 15 is 0 Å². The van der Waals surface area contributed by atoms with E-state index in [1.165, 1.54) is 78.1 Å². The van der Waals surface area contributed by atoms with E-state index in [4.69, 9.17) is 192 Å². The summed E-state index contributed by atoms with van der Waals surface area (Å²) in [4.78, 5) is 100. The first-order chi connectivity index (χ1) is 65.3. The molecule has 6 fully saturated rings. The lowest BCUT2D eigenvalue weighted by Gasteiger charge is -2.35. The van der Waals surface area contributed by atoms with E-state index in [-0.39, 0.29) is 158 Å². The van der Waals surface area contributed by atoms with Crippen molar-refractivity contribution in [1.82, 2.24) is 35.2 Å². The molecule has 16 rings (SSSR count). The van der Waals surface area contributed by atoms with Gasteiger partial charge < -0.3 is 105 Å². The molecule has 10 aliphatic rings. The molecule has 0 aliphatic carbocycles. The van der Waals surface area contributed by atoms with Crippen molar-refractivity contribution in [1.29, 1.82) is 0 Å². The van der Waals surface area contributed by atoms with E-state index in [2.05, 4.69) is 83.8 Å². The highest BCUT2D eigenvalue weighted by Gasteiger charge is 2.41. The van der Waals surface area contributed by atoms with Crippen LogP contribution in [0.25, 0.3) is 20.9 Å². The minimum Gasteiger partial charge on any atom is -0.495 e. The Kier molecular flexibility index (Phi) is 44.1. The molecule has 47 nitrogen and oxygen atoms in total. The maximum Gasteiger partial charge on any atom is 0.330 e. The first-order valence-electron chi connectivity index (χ1n) is 41.0. The minimum atomic E-state index is -3.32. The number of urea groups is 3. The maximum absolute atomic E-state index is 13.3. The Balaban J connectivity index is 0.000000206. The van der Waals surface area contributed by atoms with E-state index in [0.717, 1.165) is 25.5 Å². The van der Waals surface area contributed by atoms with Crippen LogP contribution < -0.4 is 91.0 Å². The van der Waals surface area contributed by atoms with E-state index in [0.29, 0.717) is 152 Å². The van der Waals surface area contributed by atoms with Crippen molar-refractivity contribution in [3.8, 4) is 34.5 Å². The second kappa shape index (κ2) is 53.9. The number of allylic oxidation sites excluding steroid dienone is 1. The summed E-state index contributed by atoms with van der Waals surface area (Å²) >= 11 is 49.4. The van der Waals surface area contributed by atoms with E-state index in [1.54, 1.807) is 57.9 Å². The molecule has 6 saturated heterocycles. The monoisotopic (exact) mass is 2090 g/mol. The first kappa shape index (κ1) is 112. The third-order valence-electron chi connectivity index (χ3n) is 20.8. The first-order valence-corrected chi connectivity index (χ1v) is 45.9. The molecule has 0 bridgehead atoms. The Morgan fingerprint density at radius 1 is 0.504 bits per heavy atom. The van der Waals surface area contributed by atoms with Gasteiger partial charge in [0.25, 0.3) is 10.1 Å². The second-order valence-electron chi connectivity index (χ2n) is 30.2. The number of methoxy groups -OCH3 is 6. The quantitative estimate of drug-likeness (QED) is 0.00515. The third-order valence-corrected chi connectivity index (χ3v) is 23.9. The number of aliphatic hydroxyl groups is 2. The highest BCUT2D eigenvalue weighted by atomic mass is 35.5. The number of aromatic nitrogens is 6. The van der Waals surface area contributed by atoms with Gasteiger partial charge in [0.1, 0.15) is 100 Å². The number of anilines is 8. The average molecular weight is 2100 g/mol. The number of benzene rings is 3. The van der Waals surface area contributed by atoms with Crippen LogP contribution in [0.1, 0.15) is 23.6 Å². The van der Waals surface area contributed by atoms with Gasteiger partial charge in [0.15, 0.2) is 0 Å². The number of amides is 7. The van der Waals surface area contributed by atoms with Crippen LogP contribution in [0.4, 0.5) is 60.8 Å². The number of nitrogens with zero attached hydrogens (tertiary/aromatic N) is 18. The van der Waals surface area contributed by atoms with Crippen molar-refractivity contribution in [3.63, 3.8) is 0 Å². The lowest BCUT2D eigenvalue weighted by Crippen LogP contribution is -2.47. The van der Waals surface area contributed by atoms with Crippen molar-refractivity contribution in [2.75, 3.05) is 203 Å². The number of rotatable bonds is 20. The zero-order chi connectivity index (χ0) is 101. The number of nitrogens with one attached hydrogen (secondary N) is 3. The maximum atomic E-state index is 13.3. The van der Waals surface area contributed by atoms with Crippen LogP contribution >= 0.6 is 92.8 Å². The van der Waals surface area contributed by atoms with Gasteiger partial charge in [-0.3, -0.25) is 43.2 Å². The molecule has 6 aromatic rings. The molecular weight excluding hydrogens is 1990 g/mol. The van der Waals surface area contributed by atoms with E-state index in [9.17, 15) is 32.4 Å². The smallest absolute Gasteiger partial charge is 0.330 e.